The molecule has 1 aromatic heterocycles. The number of nitrogens with one attached hydrogen (secondary N) is 1. The number of aromatic nitrogens is 2. The number of carbonyl (C=O) groups is 1. The van der Waals surface area contributed by atoms with E-state index in [0.717, 1.165) is 0 Å². The first-order valence-electron chi connectivity index (χ1n) is 4.99. The van der Waals surface area contributed by atoms with Crippen LogP contribution < -0.4 is 11.1 Å². The summed E-state index contributed by atoms with van der Waals surface area (Å²) < 4.78 is 0. The highest BCUT2D eigenvalue weighted by molar-refractivity contribution is 5.92. The Labute approximate surface area is 98.8 Å². The molecule has 0 atom stereocenters. The Balaban J connectivity index is 2.61. The van der Waals surface area contributed by atoms with Crippen molar-refractivity contribution in [2.45, 2.75) is 13.8 Å². The SMILES string of the molecule is CC(C)(CNC(=O)c1cnccn1)/C(N)=N/O. The number of carbonyl (C=O) groups excluding carboxylic acids is 1. The maximum Gasteiger partial charge on any atom is 0.271 e. The zero-order valence-electron chi connectivity index (χ0n) is 9.71. The molecule has 0 aliphatic heterocycles. The second-order valence-corrected chi connectivity index (χ2v) is 4.14. The lowest BCUT2D eigenvalue weighted by molar-refractivity contribution is 0.0939. The zero-order valence-corrected chi connectivity index (χ0v) is 9.71. The number of amidine groups is 1. The molecule has 0 aromatic carbocycles. The first-order valence-corrected chi connectivity index (χ1v) is 4.99. The van der Waals surface area contributed by atoms with Gasteiger partial charge in [-0.25, -0.2) is 4.98 Å². The summed E-state index contributed by atoms with van der Waals surface area (Å²) >= 11 is 0. The van der Waals surface area contributed by atoms with Crippen molar-refractivity contribution in [2.75, 3.05) is 6.54 Å². The van der Waals surface area contributed by atoms with Crippen LogP contribution in [0.4, 0.5) is 0 Å². The monoisotopic (exact) mass is 237 g/mol. The second-order valence-electron chi connectivity index (χ2n) is 4.14. The van der Waals surface area contributed by atoms with Crippen molar-refractivity contribution in [1.29, 1.82) is 0 Å². The predicted molar refractivity (Wildman–Crippen MR) is 61.6 cm³/mol. The maximum atomic E-state index is 11.6. The fourth-order valence-corrected chi connectivity index (χ4v) is 1.03. The molecule has 1 amide bonds. The van der Waals surface area contributed by atoms with E-state index in [2.05, 4.69) is 20.4 Å². The second kappa shape index (κ2) is 5.24. The van der Waals surface area contributed by atoms with Crippen LogP contribution in [0.5, 0.6) is 0 Å². The van der Waals surface area contributed by atoms with E-state index < -0.39 is 5.41 Å². The number of nitrogens with zero attached hydrogens (tertiary/aromatic N) is 3. The van der Waals surface area contributed by atoms with Crippen LogP contribution in [0, 0.1) is 5.41 Å². The number of oxime groups is 1. The minimum atomic E-state index is -0.632. The molecule has 4 N–H and O–H groups in total. The number of hydrogen-bond donors (Lipinski definition) is 3. The Morgan fingerprint density at radius 1 is 1.59 bits per heavy atom. The molecule has 7 nitrogen and oxygen atoms in total. The van der Waals surface area contributed by atoms with E-state index in [4.69, 9.17) is 10.9 Å². The van der Waals surface area contributed by atoms with Crippen LogP contribution in [0.2, 0.25) is 0 Å². The van der Waals surface area contributed by atoms with Gasteiger partial charge in [-0.1, -0.05) is 19.0 Å². The van der Waals surface area contributed by atoms with Crippen molar-refractivity contribution in [2.24, 2.45) is 16.3 Å². The van der Waals surface area contributed by atoms with Gasteiger partial charge in [0, 0.05) is 24.4 Å². The van der Waals surface area contributed by atoms with E-state index in [1.54, 1.807) is 13.8 Å². The quantitative estimate of drug-likeness (QED) is 0.295. The van der Waals surface area contributed by atoms with E-state index in [9.17, 15) is 4.79 Å². The van der Waals surface area contributed by atoms with Crippen LogP contribution in [0.25, 0.3) is 0 Å². The van der Waals surface area contributed by atoms with Gasteiger partial charge in [0.1, 0.15) is 11.5 Å². The van der Waals surface area contributed by atoms with Gasteiger partial charge in [-0.15, -0.1) is 0 Å². The third kappa shape index (κ3) is 3.40. The molecule has 1 rings (SSSR count). The highest BCUT2D eigenvalue weighted by atomic mass is 16.4. The van der Waals surface area contributed by atoms with Crippen LogP contribution in [0.3, 0.4) is 0 Å². The smallest absolute Gasteiger partial charge is 0.271 e. The van der Waals surface area contributed by atoms with Crippen molar-refractivity contribution in [3.63, 3.8) is 0 Å². The van der Waals surface area contributed by atoms with Gasteiger partial charge in [0.05, 0.1) is 6.20 Å². The van der Waals surface area contributed by atoms with Crippen molar-refractivity contribution in [3.8, 4) is 0 Å². The Morgan fingerprint density at radius 3 is 2.82 bits per heavy atom. The molecule has 0 saturated heterocycles. The van der Waals surface area contributed by atoms with Gasteiger partial charge in [-0.2, -0.15) is 0 Å². The van der Waals surface area contributed by atoms with Gasteiger partial charge < -0.3 is 16.3 Å². The first kappa shape index (κ1) is 12.9. The third-order valence-electron chi connectivity index (χ3n) is 2.29. The molecular weight excluding hydrogens is 222 g/mol. The third-order valence-corrected chi connectivity index (χ3v) is 2.29. The summed E-state index contributed by atoms with van der Waals surface area (Å²) in [4.78, 5) is 19.3. The van der Waals surface area contributed by atoms with Gasteiger partial charge in [0.2, 0.25) is 0 Å². The van der Waals surface area contributed by atoms with Crippen LogP contribution in [0.15, 0.2) is 23.7 Å². The fourth-order valence-electron chi connectivity index (χ4n) is 1.03. The molecule has 0 aliphatic rings. The van der Waals surface area contributed by atoms with Crippen LogP contribution >= 0.6 is 0 Å². The highest BCUT2D eigenvalue weighted by Crippen LogP contribution is 2.13. The molecule has 0 radical (unpaired) electrons. The molecule has 1 aromatic rings. The maximum absolute atomic E-state index is 11.6. The Bertz CT molecular complexity index is 416. The van der Waals surface area contributed by atoms with Gasteiger partial charge >= 0.3 is 0 Å². The van der Waals surface area contributed by atoms with Gasteiger partial charge in [-0.05, 0) is 0 Å². The summed E-state index contributed by atoms with van der Waals surface area (Å²) in [5.41, 5.74) is 5.09. The average molecular weight is 237 g/mol. The Kier molecular flexibility index (Phi) is 3.97. The minimum absolute atomic E-state index is 0.0527. The summed E-state index contributed by atoms with van der Waals surface area (Å²) in [5, 5.41) is 14.1. The molecule has 0 unspecified atom stereocenters. The summed E-state index contributed by atoms with van der Waals surface area (Å²) in [7, 11) is 0. The predicted octanol–water partition coefficient (Wildman–Crippen LogP) is -0.0210. The molecule has 1 heterocycles. The van der Waals surface area contributed by atoms with E-state index in [1.165, 1.54) is 18.6 Å². The van der Waals surface area contributed by atoms with E-state index in [-0.39, 0.29) is 24.0 Å². The van der Waals surface area contributed by atoms with Crippen LogP contribution in [0.1, 0.15) is 24.3 Å². The summed E-state index contributed by atoms with van der Waals surface area (Å²) in [6.07, 6.45) is 4.28. The molecule has 17 heavy (non-hydrogen) atoms. The minimum Gasteiger partial charge on any atom is -0.409 e. The largest absolute Gasteiger partial charge is 0.409 e. The van der Waals surface area contributed by atoms with E-state index in [0.29, 0.717) is 0 Å². The first-order chi connectivity index (χ1) is 7.97. The molecule has 0 saturated carbocycles. The van der Waals surface area contributed by atoms with Crippen molar-refractivity contribution < 1.29 is 10.0 Å². The summed E-state index contributed by atoms with van der Waals surface area (Å²) in [5.74, 6) is -0.297. The van der Waals surface area contributed by atoms with Crippen molar-refractivity contribution in [1.82, 2.24) is 15.3 Å². The van der Waals surface area contributed by atoms with Crippen molar-refractivity contribution in [3.05, 3.63) is 24.3 Å². The standard InChI is InChI=1S/C10H15N5O2/c1-10(2,9(11)15-17)6-14-8(16)7-5-12-3-4-13-7/h3-5,17H,6H2,1-2H3,(H2,11,15)(H,14,16). The average Bonchev–Trinajstić information content (AvgIpc) is 2.36. The van der Waals surface area contributed by atoms with E-state index >= 15 is 0 Å². The molecule has 92 valence electrons. The molecule has 7 heteroatoms. The fraction of sp³-hybridized carbons (Fsp3) is 0.400. The Hall–Kier alpha value is -2.18. The summed E-state index contributed by atoms with van der Waals surface area (Å²) in [6.45, 7) is 3.73. The Morgan fingerprint density at radius 2 is 2.29 bits per heavy atom. The summed E-state index contributed by atoms with van der Waals surface area (Å²) in [6, 6.07) is 0. The lowest BCUT2D eigenvalue weighted by Gasteiger charge is -2.22. The van der Waals surface area contributed by atoms with Gasteiger partial charge in [0.25, 0.3) is 5.91 Å². The van der Waals surface area contributed by atoms with Crippen LogP contribution in [-0.2, 0) is 0 Å². The molecular formula is C10H15N5O2. The van der Waals surface area contributed by atoms with Crippen molar-refractivity contribution >= 4 is 11.7 Å². The van der Waals surface area contributed by atoms with E-state index in [1.807, 2.05) is 0 Å². The molecule has 0 aliphatic carbocycles. The zero-order chi connectivity index (χ0) is 12.9. The highest BCUT2D eigenvalue weighted by Gasteiger charge is 2.24. The van der Waals surface area contributed by atoms with Crippen LogP contribution in [-0.4, -0.2) is 33.5 Å². The van der Waals surface area contributed by atoms with Gasteiger partial charge in [-0.3, -0.25) is 9.78 Å². The molecule has 0 fully saturated rings. The molecule has 0 spiro atoms. The molecule has 0 bridgehead atoms. The number of hydrogen-bond acceptors (Lipinski definition) is 5. The topological polar surface area (TPSA) is 113 Å². The number of nitrogens with two attached hydrogens (primary N) is 1. The number of amides is 1. The van der Waals surface area contributed by atoms with Gasteiger partial charge in [0.15, 0.2) is 0 Å². The number of rotatable bonds is 4. The lowest BCUT2D eigenvalue weighted by Crippen LogP contribution is -2.42. The lowest BCUT2D eigenvalue weighted by atomic mass is 9.92. The normalized spacial score (nSPS) is 12.2.